The smallest absolute Gasteiger partial charge is 0.289 e. The number of rotatable bonds is 3. The molecule has 0 saturated carbocycles. The number of hydrogen-bond donors (Lipinski definition) is 2. The molecule has 1 atom stereocenters. The Labute approximate surface area is 159 Å². The van der Waals surface area contributed by atoms with Crippen LogP contribution in [0.2, 0.25) is 0 Å². The first-order valence-corrected chi connectivity index (χ1v) is 8.97. The summed E-state index contributed by atoms with van der Waals surface area (Å²) in [6.07, 6.45) is 2.89. The minimum atomic E-state index is -0.500. The normalized spacial score (nSPS) is 16.9. The van der Waals surface area contributed by atoms with Crippen molar-refractivity contribution in [2.75, 3.05) is 13.1 Å². The molecule has 3 aromatic rings. The van der Waals surface area contributed by atoms with Gasteiger partial charge in [-0.1, -0.05) is 0 Å². The van der Waals surface area contributed by atoms with E-state index in [9.17, 15) is 18.8 Å². The Kier molecular flexibility index (Phi) is 4.68. The fourth-order valence-corrected chi connectivity index (χ4v) is 3.52. The molecule has 0 spiro atoms. The number of aromatic nitrogens is 1. The van der Waals surface area contributed by atoms with Gasteiger partial charge in [0.15, 0.2) is 5.76 Å². The second-order valence-corrected chi connectivity index (χ2v) is 6.78. The zero-order chi connectivity index (χ0) is 19.7. The molecule has 1 aliphatic heterocycles. The second-order valence-electron chi connectivity index (χ2n) is 6.78. The highest BCUT2D eigenvalue weighted by molar-refractivity contribution is 6.06. The number of pyridine rings is 1. The van der Waals surface area contributed by atoms with Crippen molar-refractivity contribution in [2.45, 2.75) is 18.9 Å². The van der Waals surface area contributed by atoms with E-state index in [1.165, 1.54) is 30.5 Å². The fourth-order valence-electron chi connectivity index (χ4n) is 3.52. The molecule has 2 N–H and O–H groups in total. The van der Waals surface area contributed by atoms with Gasteiger partial charge in [0.25, 0.3) is 11.8 Å². The number of carbonyl (C=O) groups is 2. The lowest BCUT2D eigenvalue weighted by atomic mass is 10.0. The zero-order valence-corrected chi connectivity index (χ0v) is 14.9. The number of amides is 2. The first kappa shape index (κ1) is 18.0. The van der Waals surface area contributed by atoms with Gasteiger partial charge in [-0.15, -0.1) is 0 Å². The zero-order valence-electron chi connectivity index (χ0n) is 14.9. The van der Waals surface area contributed by atoms with Crippen LogP contribution in [0.25, 0.3) is 10.9 Å². The Bertz CT molecular complexity index is 1090. The summed E-state index contributed by atoms with van der Waals surface area (Å²) in [7, 11) is 0. The molecule has 4 rings (SSSR count). The fraction of sp³-hybridized carbons (Fsp3) is 0.250. The Balaban J connectivity index is 1.53. The summed E-state index contributed by atoms with van der Waals surface area (Å²) in [6, 6.07) is 8.08. The number of likely N-dealkylation sites (tertiary alicyclic amines) is 1. The lowest BCUT2D eigenvalue weighted by Gasteiger charge is -2.32. The number of furan rings is 1. The first-order valence-electron chi connectivity index (χ1n) is 8.97. The highest BCUT2D eigenvalue weighted by Gasteiger charge is 2.27. The van der Waals surface area contributed by atoms with E-state index in [4.69, 9.17) is 4.42 Å². The van der Waals surface area contributed by atoms with Crippen molar-refractivity contribution in [3.63, 3.8) is 0 Å². The molecule has 3 heterocycles. The Morgan fingerprint density at radius 3 is 2.89 bits per heavy atom. The number of hydrogen-bond acceptors (Lipinski definition) is 4. The topological polar surface area (TPSA) is 95.4 Å². The lowest BCUT2D eigenvalue weighted by molar-refractivity contribution is 0.0647. The van der Waals surface area contributed by atoms with Crippen LogP contribution in [0, 0.1) is 5.82 Å². The average Bonchev–Trinajstić information content (AvgIpc) is 3.21. The van der Waals surface area contributed by atoms with E-state index in [-0.39, 0.29) is 28.8 Å². The second kappa shape index (κ2) is 7.30. The Morgan fingerprint density at radius 1 is 1.25 bits per heavy atom. The molecule has 1 saturated heterocycles. The van der Waals surface area contributed by atoms with Gasteiger partial charge in [0, 0.05) is 30.6 Å². The maximum absolute atomic E-state index is 13.4. The van der Waals surface area contributed by atoms with Crippen molar-refractivity contribution < 1.29 is 18.4 Å². The first-order chi connectivity index (χ1) is 13.5. The molecular weight excluding hydrogens is 365 g/mol. The molecule has 144 valence electrons. The number of fused-ring (bicyclic) bond motifs is 1. The summed E-state index contributed by atoms with van der Waals surface area (Å²) < 4.78 is 18.6. The Hall–Kier alpha value is -3.42. The summed E-state index contributed by atoms with van der Waals surface area (Å²) >= 11 is 0. The molecular formula is C20H18FN3O4. The third-order valence-electron chi connectivity index (χ3n) is 4.83. The van der Waals surface area contributed by atoms with Crippen LogP contribution < -0.4 is 10.9 Å². The minimum Gasteiger partial charge on any atom is -0.459 e. The van der Waals surface area contributed by atoms with Crippen molar-refractivity contribution in [3.05, 3.63) is 70.2 Å². The van der Waals surface area contributed by atoms with Gasteiger partial charge in [0.2, 0.25) is 5.56 Å². The molecule has 1 aliphatic rings. The largest absolute Gasteiger partial charge is 0.459 e. The maximum atomic E-state index is 13.4. The van der Waals surface area contributed by atoms with Crippen molar-refractivity contribution in [1.82, 2.24) is 15.2 Å². The summed E-state index contributed by atoms with van der Waals surface area (Å²) in [5.41, 5.74) is -0.0503. The lowest BCUT2D eigenvalue weighted by Crippen LogP contribution is -2.49. The van der Waals surface area contributed by atoms with Gasteiger partial charge in [-0.2, -0.15) is 0 Å². The minimum absolute atomic E-state index is 0.174. The van der Waals surface area contributed by atoms with Crippen LogP contribution in [-0.2, 0) is 0 Å². The van der Waals surface area contributed by atoms with Crippen LogP contribution in [-0.4, -0.2) is 40.8 Å². The SMILES string of the molecule is O=C(N[C@@H]1CCCN(C(=O)c2ccco2)C1)c1cc(=O)[nH]c2cc(F)ccc12. The number of nitrogens with one attached hydrogen (secondary N) is 2. The van der Waals surface area contributed by atoms with E-state index in [1.807, 2.05) is 0 Å². The number of halogens is 1. The molecule has 0 bridgehead atoms. The molecule has 7 nitrogen and oxygen atoms in total. The predicted molar refractivity (Wildman–Crippen MR) is 99.6 cm³/mol. The number of carbonyl (C=O) groups excluding carboxylic acids is 2. The number of benzene rings is 1. The highest BCUT2D eigenvalue weighted by Crippen LogP contribution is 2.18. The van der Waals surface area contributed by atoms with Crippen LogP contribution >= 0.6 is 0 Å². The highest BCUT2D eigenvalue weighted by atomic mass is 19.1. The number of piperidine rings is 1. The van der Waals surface area contributed by atoms with Gasteiger partial charge in [0.1, 0.15) is 5.82 Å². The summed E-state index contributed by atoms with van der Waals surface area (Å²) in [5, 5.41) is 3.35. The molecule has 0 aliphatic carbocycles. The quantitative estimate of drug-likeness (QED) is 0.725. The maximum Gasteiger partial charge on any atom is 0.289 e. The standard InChI is InChI=1S/C20H18FN3O4/c21-12-5-6-14-15(10-18(25)23-16(14)9-12)19(26)22-13-3-1-7-24(11-13)20(27)17-4-2-8-28-17/h2,4-6,8-10,13H,1,3,7,11H2,(H,22,26)(H,23,25)/t13-/m1/s1. The van der Waals surface area contributed by atoms with E-state index < -0.39 is 17.3 Å². The average molecular weight is 383 g/mol. The molecule has 1 fully saturated rings. The summed E-state index contributed by atoms with van der Waals surface area (Å²) in [5.74, 6) is -0.893. The molecule has 0 radical (unpaired) electrons. The third-order valence-corrected chi connectivity index (χ3v) is 4.83. The molecule has 28 heavy (non-hydrogen) atoms. The van der Waals surface area contributed by atoms with Crippen LogP contribution in [0.1, 0.15) is 33.8 Å². The van der Waals surface area contributed by atoms with Gasteiger partial charge >= 0.3 is 0 Å². The van der Waals surface area contributed by atoms with E-state index in [0.29, 0.717) is 24.9 Å². The number of nitrogens with zero attached hydrogens (tertiary/aromatic N) is 1. The van der Waals surface area contributed by atoms with Gasteiger partial charge in [-0.25, -0.2) is 4.39 Å². The van der Waals surface area contributed by atoms with Crippen molar-refractivity contribution in [2.24, 2.45) is 0 Å². The molecule has 2 amide bonds. The van der Waals surface area contributed by atoms with Gasteiger partial charge < -0.3 is 19.6 Å². The van der Waals surface area contributed by atoms with E-state index in [2.05, 4.69) is 10.3 Å². The van der Waals surface area contributed by atoms with Crippen LogP contribution in [0.5, 0.6) is 0 Å². The monoisotopic (exact) mass is 383 g/mol. The molecule has 1 aromatic carbocycles. The predicted octanol–water partition coefficient (Wildman–Crippen LogP) is 2.29. The van der Waals surface area contributed by atoms with E-state index >= 15 is 0 Å². The van der Waals surface area contributed by atoms with E-state index in [0.717, 1.165) is 6.42 Å². The number of aromatic amines is 1. The van der Waals surface area contributed by atoms with Gasteiger partial charge in [-0.05, 0) is 43.2 Å². The van der Waals surface area contributed by atoms with Crippen LogP contribution in [0.15, 0.2) is 51.9 Å². The van der Waals surface area contributed by atoms with Gasteiger partial charge in [-0.3, -0.25) is 14.4 Å². The van der Waals surface area contributed by atoms with Gasteiger partial charge in [0.05, 0.1) is 17.3 Å². The van der Waals surface area contributed by atoms with Crippen molar-refractivity contribution in [3.8, 4) is 0 Å². The summed E-state index contributed by atoms with van der Waals surface area (Å²) in [4.78, 5) is 41.3. The van der Waals surface area contributed by atoms with Crippen molar-refractivity contribution in [1.29, 1.82) is 0 Å². The van der Waals surface area contributed by atoms with Crippen LogP contribution in [0.4, 0.5) is 4.39 Å². The van der Waals surface area contributed by atoms with E-state index in [1.54, 1.807) is 17.0 Å². The van der Waals surface area contributed by atoms with Crippen molar-refractivity contribution >= 4 is 22.7 Å². The van der Waals surface area contributed by atoms with Crippen LogP contribution in [0.3, 0.4) is 0 Å². The summed E-state index contributed by atoms with van der Waals surface area (Å²) in [6.45, 7) is 0.931. The third kappa shape index (κ3) is 3.53. The molecule has 2 aromatic heterocycles. The number of H-pyrrole nitrogens is 1. The Morgan fingerprint density at radius 2 is 2.11 bits per heavy atom. The molecule has 8 heteroatoms. The molecule has 0 unspecified atom stereocenters.